The monoisotopic (exact) mass is 300 g/mol. The van der Waals surface area contributed by atoms with Gasteiger partial charge in [-0.3, -0.25) is 4.79 Å². The number of likely N-dealkylation sites (tertiary alicyclic amines) is 1. The molecule has 0 bridgehead atoms. The second-order valence-electron chi connectivity index (χ2n) is 7.33. The number of nitrogens with zero attached hydrogens (tertiary/aromatic N) is 2. The van der Waals surface area contributed by atoms with Gasteiger partial charge in [-0.05, 0) is 43.1 Å². The number of carbonyl (C=O) groups excluding carboxylic acids is 1. The maximum Gasteiger partial charge on any atom is 0.242 e. The number of rotatable bonds is 2. The van der Waals surface area contributed by atoms with Crippen molar-refractivity contribution in [2.45, 2.75) is 44.1 Å². The molecule has 1 aromatic rings. The number of benzene rings is 1. The van der Waals surface area contributed by atoms with E-state index < -0.39 is 0 Å². The summed E-state index contributed by atoms with van der Waals surface area (Å²) in [5, 5.41) is 11.6. The van der Waals surface area contributed by atoms with Crippen LogP contribution >= 0.6 is 0 Å². The largest absolute Gasteiger partial charge is 0.341 e. The minimum atomic E-state index is -0.319. The maximum atomic E-state index is 12.7. The van der Waals surface area contributed by atoms with E-state index in [1.807, 2.05) is 11.0 Å². The minimum absolute atomic E-state index is 0.122. The van der Waals surface area contributed by atoms with Gasteiger partial charge in [-0.25, -0.2) is 0 Å². The molecule has 4 nitrogen and oxygen atoms in total. The normalized spacial score (nSPS) is 30.7. The first-order valence-electron chi connectivity index (χ1n) is 8.46. The first kappa shape index (κ1) is 14.2. The molecule has 1 amide bonds. The third kappa shape index (κ3) is 2.55. The van der Waals surface area contributed by atoms with Crippen LogP contribution in [0.1, 0.15) is 43.6 Å². The van der Waals surface area contributed by atoms with Gasteiger partial charge in [0.25, 0.3) is 0 Å². The van der Waals surface area contributed by atoms with Crippen molar-refractivity contribution in [2.75, 3.05) is 19.6 Å². The molecule has 4 rings (SSSR count). The highest BCUT2D eigenvalue weighted by molar-refractivity contribution is 5.82. The maximum absolute atomic E-state index is 12.7. The smallest absolute Gasteiger partial charge is 0.242 e. The molecule has 2 aliphatic heterocycles. The Balaban J connectivity index is 1.39. The second kappa shape index (κ2) is 5.36. The van der Waals surface area contributed by atoms with Crippen LogP contribution in [0.4, 0.5) is 0 Å². The fourth-order valence-electron chi connectivity index (χ4n) is 4.13. The number of hydrogen-bond donors (Lipinski definition) is 1. The van der Waals surface area contributed by atoms with Gasteiger partial charge < -0.3 is 10.1 Å². The Kier molecular flexibility index (Phi) is 3.46. The summed E-state index contributed by atoms with van der Waals surface area (Å²) >= 11 is 0. The van der Waals surface area contributed by atoms with Crippen molar-refractivity contribution in [1.29, 1.82) is 0 Å². The van der Waals surface area contributed by atoms with E-state index in [1.165, 1.54) is 23.5 Å². The van der Waals surface area contributed by atoms with E-state index in [-0.39, 0.29) is 11.9 Å². The molecule has 3 aliphatic rings. The zero-order valence-electron chi connectivity index (χ0n) is 12.9. The number of carbonyl (C=O) groups is 1. The van der Waals surface area contributed by atoms with Gasteiger partial charge in [-0.1, -0.05) is 30.3 Å². The molecule has 0 aromatic heterocycles. The molecule has 1 aromatic carbocycles. The lowest BCUT2D eigenvalue weighted by atomic mass is 9.91. The van der Waals surface area contributed by atoms with Crippen molar-refractivity contribution < 1.29 is 10.0 Å². The molecule has 2 saturated heterocycles. The third-order valence-electron chi connectivity index (χ3n) is 5.82. The average molecular weight is 300 g/mol. The molecule has 0 radical (unpaired) electrons. The van der Waals surface area contributed by atoms with Crippen LogP contribution in [0.25, 0.3) is 0 Å². The molecule has 1 saturated carbocycles. The lowest BCUT2D eigenvalue weighted by Crippen LogP contribution is -2.51. The lowest BCUT2D eigenvalue weighted by molar-refractivity contribution is -0.179. The number of piperidine rings is 1. The number of hydrogen-bond acceptors (Lipinski definition) is 3. The highest BCUT2D eigenvalue weighted by Gasteiger charge is 2.50. The van der Waals surface area contributed by atoms with E-state index in [0.717, 1.165) is 32.4 Å². The van der Waals surface area contributed by atoms with Crippen LogP contribution in [0.15, 0.2) is 30.3 Å². The summed E-state index contributed by atoms with van der Waals surface area (Å²) in [5.41, 5.74) is 1.66. The fraction of sp³-hybridized carbons (Fsp3) is 0.611. The van der Waals surface area contributed by atoms with E-state index in [1.54, 1.807) is 0 Å². The predicted octanol–water partition coefficient (Wildman–Crippen LogP) is 2.64. The summed E-state index contributed by atoms with van der Waals surface area (Å²) < 4.78 is 0. The third-order valence-corrected chi connectivity index (χ3v) is 5.82. The highest BCUT2D eigenvalue weighted by Crippen LogP contribution is 2.52. The Morgan fingerprint density at radius 1 is 1.14 bits per heavy atom. The van der Waals surface area contributed by atoms with Crippen molar-refractivity contribution in [3.8, 4) is 0 Å². The van der Waals surface area contributed by atoms with Crippen LogP contribution in [0, 0.1) is 5.41 Å². The Labute approximate surface area is 131 Å². The van der Waals surface area contributed by atoms with Gasteiger partial charge in [0.2, 0.25) is 5.91 Å². The molecule has 3 fully saturated rings. The lowest BCUT2D eigenvalue weighted by Gasteiger charge is -2.36. The van der Waals surface area contributed by atoms with Gasteiger partial charge >= 0.3 is 0 Å². The quantitative estimate of drug-likeness (QED) is 0.913. The number of amides is 1. The van der Waals surface area contributed by atoms with Crippen LogP contribution < -0.4 is 0 Å². The molecular formula is C18H24N2O2. The van der Waals surface area contributed by atoms with E-state index in [0.29, 0.717) is 17.9 Å². The van der Waals surface area contributed by atoms with Crippen LogP contribution in [0.2, 0.25) is 0 Å². The summed E-state index contributed by atoms with van der Waals surface area (Å²) in [7, 11) is 0. The Hall–Kier alpha value is -1.39. The fourth-order valence-corrected chi connectivity index (χ4v) is 4.13. The molecule has 1 unspecified atom stereocenters. The molecular weight excluding hydrogens is 276 g/mol. The molecule has 2 heterocycles. The Bertz CT molecular complexity index is 555. The summed E-state index contributed by atoms with van der Waals surface area (Å²) in [6.45, 7) is 2.28. The van der Waals surface area contributed by atoms with Gasteiger partial charge in [0.15, 0.2) is 0 Å². The Morgan fingerprint density at radius 2 is 1.91 bits per heavy atom. The van der Waals surface area contributed by atoms with E-state index >= 15 is 0 Å². The highest BCUT2D eigenvalue weighted by atomic mass is 16.5. The molecule has 2 atom stereocenters. The summed E-state index contributed by atoms with van der Waals surface area (Å²) in [4.78, 5) is 14.7. The first-order chi connectivity index (χ1) is 10.7. The standard InChI is InChI=1S/C18H24N2O2/c21-17(16-6-8-18(9-10-18)13-20(16)22)19-11-7-15(12-19)14-4-2-1-3-5-14/h1-5,15-16,22H,6-13H2/t15-,16?/m1/s1. The van der Waals surface area contributed by atoms with Crippen LogP contribution in [0.5, 0.6) is 0 Å². The van der Waals surface area contributed by atoms with Gasteiger partial charge in [-0.2, -0.15) is 5.06 Å². The van der Waals surface area contributed by atoms with E-state index in [9.17, 15) is 10.0 Å². The van der Waals surface area contributed by atoms with Crippen LogP contribution in [-0.4, -0.2) is 46.8 Å². The van der Waals surface area contributed by atoms with Crippen molar-refractivity contribution in [2.24, 2.45) is 5.41 Å². The first-order valence-corrected chi connectivity index (χ1v) is 8.46. The average Bonchev–Trinajstić information content (AvgIpc) is 3.10. The van der Waals surface area contributed by atoms with Crippen LogP contribution in [-0.2, 0) is 4.79 Å². The van der Waals surface area contributed by atoms with Gasteiger partial charge in [0.05, 0.1) is 0 Å². The molecule has 4 heteroatoms. The van der Waals surface area contributed by atoms with Crippen molar-refractivity contribution >= 4 is 5.91 Å². The molecule has 118 valence electrons. The molecule has 1 spiro atoms. The van der Waals surface area contributed by atoms with E-state index in [4.69, 9.17) is 0 Å². The van der Waals surface area contributed by atoms with Crippen molar-refractivity contribution in [1.82, 2.24) is 9.96 Å². The SMILES string of the molecule is O=C(C1CCC2(CC2)CN1O)N1CC[C@@H](c2ccccc2)C1. The zero-order chi connectivity index (χ0) is 15.2. The minimum Gasteiger partial charge on any atom is -0.341 e. The predicted molar refractivity (Wildman–Crippen MR) is 83.6 cm³/mol. The van der Waals surface area contributed by atoms with Gasteiger partial charge in [0, 0.05) is 25.6 Å². The summed E-state index contributed by atoms with van der Waals surface area (Å²) in [6, 6.07) is 10.1. The van der Waals surface area contributed by atoms with Crippen molar-refractivity contribution in [3.05, 3.63) is 35.9 Å². The second-order valence-corrected chi connectivity index (χ2v) is 7.33. The molecule has 1 aliphatic carbocycles. The zero-order valence-corrected chi connectivity index (χ0v) is 12.9. The Morgan fingerprint density at radius 3 is 2.59 bits per heavy atom. The molecule has 22 heavy (non-hydrogen) atoms. The summed E-state index contributed by atoms with van der Waals surface area (Å²) in [6.07, 6.45) is 5.35. The van der Waals surface area contributed by atoms with E-state index in [2.05, 4.69) is 24.3 Å². The number of hydroxylamine groups is 2. The van der Waals surface area contributed by atoms with Crippen LogP contribution in [0.3, 0.4) is 0 Å². The van der Waals surface area contributed by atoms with Crippen molar-refractivity contribution in [3.63, 3.8) is 0 Å². The van der Waals surface area contributed by atoms with Gasteiger partial charge in [0.1, 0.15) is 6.04 Å². The topological polar surface area (TPSA) is 43.8 Å². The summed E-state index contributed by atoms with van der Waals surface area (Å²) in [5.74, 6) is 0.562. The molecule has 1 N–H and O–H groups in total. The van der Waals surface area contributed by atoms with Gasteiger partial charge in [-0.15, -0.1) is 0 Å².